The molecule has 3 rings (SSSR count). The van der Waals surface area contributed by atoms with Crippen molar-refractivity contribution in [1.29, 1.82) is 0 Å². The van der Waals surface area contributed by atoms with Crippen molar-refractivity contribution in [3.05, 3.63) is 41.8 Å². The molecule has 25 heavy (non-hydrogen) atoms. The molecule has 1 unspecified atom stereocenters. The molecule has 8 heteroatoms. The van der Waals surface area contributed by atoms with Gasteiger partial charge in [0.15, 0.2) is 0 Å². The van der Waals surface area contributed by atoms with Crippen LogP contribution in [0, 0.1) is 12.8 Å². The Morgan fingerprint density at radius 3 is 2.64 bits per heavy atom. The Hall–Kier alpha value is -2.19. The van der Waals surface area contributed by atoms with Crippen LogP contribution in [0.2, 0.25) is 0 Å². The van der Waals surface area contributed by atoms with Gasteiger partial charge in [-0.1, -0.05) is 12.1 Å². The zero-order chi connectivity index (χ0) is 18.0. The number of sulfonamides is 1. The fraction of sp³-hybridized carbons (Fsp3) is 0.412. The molecule has 7 nitrogen and oxygen atoms in total. The molecule has 134 valence electrons. The normalized spacial score (nSPS) is 18.9. The van der Waals surface area contributed by atoms with E-state index >= 15 is 0 Å². The van der Waals surface area contributed by atoms with Crippen LogP contribution in [-0.2, 0) is 10.0 Å². The number of amides is 1. The number of hydrogen-bond donors (Lipinski definition) is 1. The van der Waals surface area contributed by atoms with Gasteiger partial charge in [0.1, 0.15) is 0 Å². The van der Waals surface area contributed by atoms with Crippen LogP contribution in [0.4, 0.5) is 5.69 Å². The number of nitrogens with zero attached hydrogens (tertiary/aromatic N) is 2. The maximum atomic E-state index is 12.7. The number of nitrogens with one attached hydrogen (secondary N) is 1. The zero-order valence-electron chi connectivity index (χ0n) is 14.2. The summed E-state index contributed by atoms with van der Waals surface area (Å²) in [6, 6.07) is 7.69. The summed E-state index contributed by atoms with van der Waals surface area (Å²) in [5.41, 5.74) is 1.10. The molecular formula is C17H21N3O4S. The van der Waals surface area contributed by atoms with Gasteiger partial charge in [0, 0.05) is 24.8 Å². The largest absolute Gasteiger partial charge is 0.351 e. The van der Waals surface area contributed by atoms with Gasteiger partial charge in [0.2, 0.25) is 15.8 Å². The lowest BCUT2D eigenvalue weighted by atomic mass is 10.0. The Bertz CT molecular complexity index is 858. The maximum Gasteiger partial charge on any atom is 0.294 e. The lowest BCUT2D eigenvalue weighted by Crippen LogP contribution is -2.39. The van der Waals surface area contributed by atoms with Gasteiger partial charge in [0.25, 0.3) is 5.91 Å². The third-order valence-corrected chi connectivity index (χ3v) is 6.10. The fourth-order valence-corrected chi connectivity index (χ4v) is 4.49. The summed E-state index contributed by atoms with van der Waals surface area (Å²) in [6.45, 7) is 4.88. The van der Waals surface area contributed by atoms with Crippen LogP contribution in [0.3, 0.4) is 0 Å². The molecule has 1 amide bonds. The topological polar surface area (TPSA) is 92.5 Å². The van der Waals surface area contributed by atoms with Crippen LogP contribution in [0.5, 0.6) is 0 Å². The van der Waals surface area contributed by atoms with E-state index in [4.69, 9.17) is 4.52 Å². The van der Waals surface area contributed by atoms with Gasteiger partial charge in [-0.05, 0) is 49.9 Å². The van der Waals surface area contributed by atoms with Gasteiger partial charge >= 0.3 is 0 Å². The number of anilines is 1. The van der Waals surface area contributed by atoms with Crippen molar-refractivity contribution < 1.29 is 17.7 Å². The molecule has 0 radical (unpaired) electrons. The van der Waals surface area contributed by atoms with Crippen molar-refractivity contribution in [2.24, 2.45) is 5.92 Å². The highest BCUT2D eigenvalue weighted by Crippen LogP contribution is 2.24. The Morgan fingerprint density at radius 2 is 2.04 bits per heavy atom. The summed E-state index contributed by atoms with van der Waals surface area (Å²) < 4.78 is 31.8. The van der Waals surface area contributed by atoms with Crippen LogP contribution in [-0.4, -0.2) is 36.9 Å². The second kappa shape index (κ2) is 6.97. The minimum atomic E-state index is -3.50. The molecule has 1 fully saturated rings. The third-order valence-electron chi connectivity index (χ3n) is 4.22. The number of aryl methyl sites for hydroxylation is 1. The first kappa shape index (κ1) is 17.6. The first-order valence-electron chi connectivity index (χ1n) is 8.21. The number of carbonyl (C=O) groups is 1. The molecule has 1 aliphatic heterocycles. The van der Waals surface area contributed by atoms with Gasteiger partial charge in [0.05, 0.1) is 10.6 Å². The van der Waals surface area contributed by atoms with E-state index in [1.807, 2.05) is 0 Å². The van der Waals surface area contributed by atoms with E-state index < -0.39 is 15.9 Å². The molecule has 0 aliphatic carbocycles. The molecule has 1 aliphatic rings. The molecule has 2 heterocycles. The molecule has 0 saturated carbocycles. The number of rotatable bonds is 4. The first-order valence-corrected chi connectivity index (χ1v) is 9.65. The van der Waals surface area contributed by atoms with Crippen molar-refractivity contribution in [3.63, 3.8) is 0 Å². The van der Waals surface area contributed by atoms with Crippen LogP contribution in [0.1, 0.15) is 36.0 Å². The van der Waals surface area contributed by atoms with E-state index in [0.717, 1.165) is 12.8 Å². The van der Waals surface area contributed by atoms with E-state index in [1.54, 1.807) is 19.1 Å². The summed E-state index contributed by atoms with van der Waals surface area (Å²) in [7, 11) is -3.50. The fourth-order valence-electron chi connectivity index (χ4n) is 2.89. The van der Waals surface area contributed by atoms with E-state index in [0.29, 0.717) is 30.4 Å². The maximum absolute atomic E-state index is 12.7. The predicted molar refractivity (Wildman–Crippen MR) is 92.8 cm³/mol. The molecule has 1 N–H and O–H groups in total. The molecule has 2 aromatic rings. The number of benzene rings is 1. The second-order valence-electron chi connectivity index (χ2n) is 6.42. The molecule has 1 atom stereocenters. The summed E-state index contributed by atoms with van der Waals surface area (Å²) in [6.07, 6.45) is 1.93. The monoisotopic (exact) mass is 363 g/mol. The lowest BCUT2D eigenvalue weighted by molar-refractivity contribution is 0.0988. The van der Waals surface area contributed by atoms with Gasteiger partial charge in [-0.15, -0.1) is 0 Å². The van der Waals surface area contributed by atoms with Crippen molar-refractivity contribution in [1.82, 2.24) is 9.46 Å². The number of carbonyl (C=O) groups excluding carboxylic acids is 1. The van der Waals surface area contributed by atoms with Crippen molar-refractivity contribution in [3.8, 4) is 0 Å². The predicted octanol–water partition coefficient (Wildman–Crippen LogP) is 2.66. The van der Waals surface area contributed by atoms with Gasteiger partial charge in [-0.25, -0.2) is 8.42 Å². The minimum Gasteiger partial charge on any atom is -0.351 e. The standard InChI is InChI=1S/C17H21N3O4S/c1-12-4-3-9-20(11-12)25(22,23)15-7-5-14(6-8-15)18-17(21)16-10-13(2)19-24-16/h5-8,10,12H,3-4,9,11H2,1-2H3,(H,18,21). The number of piperidine rings is 1. The number of aromatic nitrogens is 1. The molecule has 0 spiro atoms. The average molecular weight is 363 g/mol. The Kier molecular flexibility index (Phi) is 4.91. The minimum absolute atomic E-state index is 0.108. The Labute approximate surface area is 147 Å². The van der Waals surface area contributed by atoms with E-state index in [9.17, 15) is 13.2 Å². The Morgan fingerprint density at radius 1 is 1.32 bits per heavy atom. The van der Waals surface area contributed by atoms with Gasteiger partial charge in [-0.2, -0.15) is 4.31 Å². The molecule has 1 aromatic carbocycles. The van der Waals surface area contributed by atoms with Crippen LogP contribution >= 0.6 is 0 Å². The lowest BCUT2D eigenvalue weighted by Gasteiger charge is -2.30. The van der Waals surface area contributed by atoms with E-state index in [-0.39, 0.29) is 10.7 Å². The van der Waals surface area contributed by atoms with Gasteiger partial charge < -0.3 is 9.84 Å². The highest BCUT2D eigenvalue weighted by Gasteiger charge is 2.28. The molecule has 1 aromatic heterocycles. The highest BCUT2D eigenvalue weighted by molar-refractivity contribution is 7.89. The smallest absolute Gasteiger partial charge is 0.294 e. The van der Waals surface area contributed by atoms with Gasteiger partial charge in [-0.3, -0.25) is 4.79 Å². The quantitative estimate of drug-likeness (QED) is 0.901. The van der Waals surface area contributed by atoms with E-state index in [1.165, 1.54) is 22.5 Å². The highest BCUT2D eigenvalue weighted by atomic mass is 32.2. The van der Waals surface area contributed by atoms with Crippen LogP contribution in [0.25, 0.3) is 0 Å². The third kappa shape index (κ3) is 3.91. The molecular weight excluding hydrogens is 342 g/mol. The zero-order valence-corrected chi connectivity index (χ0v) is 15.0. The van der Waals surface area contributed by atoms with E-state index in [2.05, 4.69) is 17.4 Å². The van der Waals surface area contributed by atoms with Crippen molar-refractivity contribution in [2.45, 2.75) is 31.6 Å². The van der Waals surface area contributed by atoms with Crippen LogP contribution < -0.4 is 5.32 Å². The molecule has 1 saturated heterocycles. The summed E-state index contributed by atoms with van der Waals surface area (Å²) >= 11 is 0. The molecule has 0 bridgehead atoms. The van der Waals surface area contributed by atoms with Crippen molar-refractivity contribution in [2.75, 3.05) is 18.4 Å². The average Bonchev–Trinajstić information content (AvgIpc) is 3.02. The van der Waals surface area contributed by atoms with Crippen LogP contribution in [0.15, 0.2) is 39.8 Å². The summed E-state index contributed by atoms with van der Waals surface area (Å²) in [5, 5.41) is 6.32. The first-order chi connectivity index (χ1) is 11.9. The second-order valence-corrected chi connectivity index (χ2v) is 8.36. The summed E-state index contributed by atoms with van der Waals surface area (Å²) in [4.78, 5) is 12.3. The number of hydrogen-bond acceptors (Lipinski definition) is 5. The SMILES string of the molecule is Cc1cc(C(=O)Nc2ccc(S(=O)(=O)N3CCCC(C)C3)cc2)on1. The summed E-state index contributed by atoms with van der Waals surface area (Å²) in [5.74, 6) is 0.0463. The Balaban J connectivity index is 1.72. The van der Waals surface area contributed by atoms with Crippen molar-refractivity contribution >= 4 is 21.6 Å².